The molecule has 0 bridgehead atoms. The van der Waals surface area contributed by atoms with Crippen molar-refractivity contribution in [2.75, 3.05) is 58.3 Å². The zero-order chi connectivity index (χ0) is 18.8. The van der Waals surface area contributed by atoms with Crippen molar-refractivity contribution in [1.29, 1.82) is 0 Å². The molecule has 7 nitrogen and oxygen atoms in total. The maximum absolute atomic E-state index is 12.1. The summed E-state index contributed by atoms with van der Waals surface area (Å²) in [4.78, 5) is 18.7. The molecule has 144 valence electrons. The second kappa shape index (κ2) is 11.2. The topological polar surface area (TPSA) is 78.0 Å². The molecule has 1 saturated heterocycles. The van der Waals surface area contributed by atoms with E-state index in [9.17, 15) is 4.79 Å². The van der Waals surface area contributed by atoms with Gasteiger partial charge in [-0.25, -0.2) is 0 Å². The van der Waals surface area contributed by atoms with Gasteiger partial charge in [-0.3, -0.25) is 14.7 Å². The van der Waals surface area contributed by atoms with E-state index < -0.39 is 0 Å². The first kappa shape index (κ1) is 20.7. The summed E-state index contributed by atoms with van der Waals surface area (Å²) < 4.78 is 6.29. The van der Waals surface area contributed by atoms with E-state index in [0.29, 0.717) is 18.9 Å². The van der Waals surface area contributed by atoms with Crippen LogP contribution in [0.1, 0.15) is 12.0 Å². The number of rotatable bonds is 7. The number of hydrogen-bond donors (Lipinski definition) is 3. The normalized spacial score (nSPS) is 15.6. The molecule has 3 N–H and O–H groups in total. The number of carbonyl (C=O) groups excluding carboxylic acids is 1. The third kappa shape index (κ3) is 7.31. The number of hydrogen-bond acceptors (Lipinski definition) is 4. The Morgan fingerprint density at radius 2 is 2.00 bits per heavy atom. The zero-order valence-corrected chi connectivity index (χ0v) is 17.1. The Balaban J connectivity index is 1.64. The number of carbonyl (C=O) groups is 1. The monoisotopic (exact) mass is 425 g/mol. The van der Waals surface area contributed by atoms with E-state index >= 15 is 0 Å². The minimum Gasteiger partial charge on any atom is -0.379 e. The smallest absolute Gasteiger partial charge is 0.226 e. The maximum atomic E-state index is 12.1. The first-order valence-corrected chi connectivity index (χ1v) is 9.68. The largest absolute Gasteiger partial charge is 0.379 e. The van der Waals surface area contributed by atoms with Gasteiger partial charge in [0.2, 0.25) is 5.91 Å². The second-order valence-corrected chi connectivity index (χ2v) is 7.05. The van der Waals surface area contributed by atoms with Gasteiger partial charge in [-0.1, -0.05) is 22.0 Å². The average Bonchev–Trinajstić information content (AvgIpc) is 2.64. The molecule has 1 aliphatic rings. The lowest BCUT2D eigenvalue weighted by Crippen LogP contribution is -2.44. The van der Waals surface area contributed by atoms with Crippen molar-refractivity contribution < 1.29 is 9.53 Å². The lowest BCUT2D eigenvalue weighted by Gasteiger charge is -2.26. The highest BCUT2D eigenvalue weighted by Gasteiger charge is 2.10. The summed E-state index contributed by atoms with van der Waals surface area (Å²) in [6, 6.07) is 5.84. The lowest BCUT2D eigenvalue weighted by atomic mass is 10.2. The quantitative estimate of drug-likeness (QED) is 0.456. The number of aryl methyl sites for hydroxylation is 1. The van der Waals surface area contributed by atoms with Crippen LogP contribution in [-0.2, 0) is 9.53 Å². The van der Waals surface area contributed by atoms with Crippen LogP contribution in [0.2, 0.25) is 0 Å². The van der Waals surface area contributed by atoms with Crippen LogP contribution in [0.3, 0.4) is 0 Å². The van der Waals surface area contributed by atoms with E-state index in [2.05, 4.69) is 41.8 Å². The Morgan fingerprint density at radius 1 is 1.27 bits per heavy atom. The van der Waals surface area contributed by atoms with Gasteiger partial charge in [-0.15, -0.1) is 0 Å². The van der Waals surface area contributed by atoms with Crippen LogP contribution in [0.15, 0.2) is 27.7 Å². The molecule has 2 rings (SSSR count). The molecule has 1 heterocycles. The molecule has 0 aromatic heterocycles. The van der Waals surface area contributed by atoms with Crippen molar-refractivity contribution in [3.63, 3.8) is 0 Å². The van der Waals surface area contributed by atoms with E-state index in [0.717, 1.165) is 55.1 Å². The van der Waals surface area contributed by atoms with Crippen LogP contribution >= 0.6 is 15.9 Å². The van der Waals surface area contributed by atoms with Crippen LogP contribution in [0, 0.1) is 6.92 Å². The summed E-state index contributed by atoms with van der Waals surface area (Å²) in [5, 5.41) is 9.39. The molecule has 1 aromatic carbocycles. The van der Waals surface area contributed by atoms with Gasteiger partial charge in [0.05, 0.1) is 13.2 Å². The first-order valence-electron chi connectivity index (χ1n) is 8.89. The average molecular weight is 426 g/mol. The van der Waals surface area contributed by atoms with Gasteiger partial charge in [0, 0.05) is 56.4 Å². The molecule has 0 saturated carbocycles. The van der Waals surface area contributed by atoms with Gasteiger partial charge in [0.25, 0.3) is 0 Å². The Hall–Kier alpha value is -1.64. The summed E-state index contributed by atoms with van der Waals surface area (Å²) in [5.41, 5.74) is 1.87. The highest BCUT2D eigenvalue weighted by atomic mass is 79.9. The van der Waals surface area contributed by atoms with Crippen molar-refractivity contribution in [2.24, 2.45) is 4.99 Å². The fourth-order valence-electron chi connectivity index (χ4n) is 2.61. The number of amides is 1. The molecule has 1 amide bonds. The van der Waals surface area contributed by atoms with Gasteiger partial charge in [-0.2, -0.15) is 0 Å². The highest BCUT2D eigenvalue weighted by Crippen LogP contribution is 2.20. The first-order chi connectivity index (χ1) is 12.6. The van der Waals surface area contributed by atoms with Gasteiger partial charge in [-0.05, 0) is 24.6 Å². The van der Waals surface area contributed by atoms with E-state index in [1.165, 1.54) is 0 Å². The van der Waals surface area contributed by atoms with Crippen LogP contribution in [0.25, 0.3) is 0 Å². The molecule has 1 aromatic rings. The predicted octanol–water partition coefficient (Wildman–Crippen LogP) is 1.58. The third-order valence-electron chi connectivity index (χ3n) is 4.17. The minimum atomic E-state index is -0.0255. The molecule has 0 aliphatic carbocycles. The van der Waals surface area contributed by atoms with Crippen molar-refractivity contribution in [2.45, 2.75) is 13.3 Å². The third-order valence-corrected chi connectivity index (χ3v) is 4.66. The van der Waals surface area contributed by atoms with E-state index in [1.807, 2.05) is 25.1 Å². The Bertz CT molecular complexity index is 618. The van der Waals surface area contributed by atoms with Crippen LogP contribution in [0.5, 0.6) is 0 Å². The summed E-state index contributed by atoms with van der Waals surface area (Å²) in [6.45, 7) is 7.82. The summed E-state index contributed by atoms with van der Waals surface area (Å²) in [5.74, 6) is 0.687. The SMILES string of the molecule is CN=C(NCCC(=O)Nc1cc(Br)ccc1C)NCCN1CCOCC1. The number of anilines is 1. The molecule has 8 heteroatoms. The molecular weight excluding hydrogens is 398 g/mol. The fraction of sp³-hybridized carbons (Fsp3) is 0.556. The number of guanidine groups is 1. The molecule has 26 heavy (non-hydrogen) atoms. The molecule has 1 fully saturated rings. The summed E-state index contributed by atoms with van der Waals surface area (Å²) in [6.07, 6.45) is 0.371. The van der Waals surface area contributed by atoms with Crippen LogP contribution in [0.4, 0.5) is 5.69 Å². The number of ether oxygens (including phenoxy) is 1. The van der Waals surface area contributed by atoms with Crippen LogP contribution in [-0.4, -0.2) is 69.8 Å². The van der Waals surface area contributed by atoms with E-state index in [1.54, 1.807) is 7.05 Å². The number of halogens is 1. The second-order valence-electron chi connectivity index (χ2n) is 6.14. The van der Waals surface area contributed by atoms with Gasteiger partial charge >= 0.3 is 0 Å². The molecular formula is C18H28BrN5O2. The molecule has 0 spiro atoms. The van der Waals surface area contributed by atoms with Gasteiger partial charge in [0.1, 0.15) is 0 Å². The van der Waals surface area contributed by atoms with E-state index in [4.69, 9.17) is 4.74 Å². The number of benzene rings is 1. The van der Waals surface area contributed by atoms with Gasteiger partial charge < -0.3 is 20.7 Å². The summed E-state index contributed by atoms with van der Waals surface area (Å²) in [7, 11) is 1.73. The van der Waals surface area contributed by atoms with Crippen molar-refractivity contribution in [3.05, 3.63) is 28.2 Å². The number of morpholine rings is 1. The van der Waals surface area contributed by atoms with Crippen molar-refractivity contribution >= 4 is 33.5 Å². The number of nitrogens with one attached hydrogen (secondary N) is 3. The maximum Gasteiger partial charge on any atom is 0.226 e. The molecule has 0 unspecified atom stereocenters. The van der Waals surface area contributed by atoms with Crippen molar-refractivity contribution in [3.8, 4) is 0 Å². The Labute approximate surface area is 163 Å². The fourth-order valence-corrected chi connectivity index (χ4v) is 2.97. The predicted molar refractivity (Wildman–Crippen MR) is 109 cm³/mol. The zero-order valence-electron chi connectivity index (χ0n) is 15.5. The molecule has 0 atom stereocenters. The standard InChI is InChI=1S/C18H28BrN5O2/c1-14-3-4-15(19)13-16(14)23-17(25)5-6-21-18(20-2)22-7-8-24-9-11-26-12-10-24/h3-4,13H,5-12H2,1-2H3,(H,23,25)(H2,20,21,22). The molecule has 1 aliphatic heterocycles. The molecule has 0 radical (unpaired) electrons. The highest BCUT2D eigenvalue weighted by molar-refractivity contribution is 9.10. The van der Waals surface area contributed by atoms with Crippen molar-refractivity contribution in [1.82, 2.24) is 15.5 Å². The number of aliphatic imine (C=N–C) groups is 1. The van der Waals surface area contributed by atoms with E-state index in [-0.39, 0.29) is 5.91 Å². The number of nitrogens with zero attached hydrogens (tertiary/aromatic N) is 2. The van der Waals surface area contributed by atoms with Crippen LogP contribution < -0.4 is 16.0 Å². The van der Waals surface area contributed by atoms with Gasteiger partial charge in [0.15, 0.2) is 5.96 Å². The Kier molecular flexibility index (Phi) is 8.87. The Morgan fingerprint density at radius 3 is 2.73 bits per heavy atom. The summed E-state index contributed by atoms with van der Waals surface area (Å²) >= 11 is 3.42. The minimum absolute atomic E-state index is 0.0255. The lowest BCUT2D eigenvalue weighted by molar-refractivity contribution is -0.116.